The lowest BCUT2D eigenvalue weighted by Gasteiger charge is -2.32. The highest BCUT2D eigenvalue weighted by molar-refractivity contribution is 5.74. The summed E-state index contributed by atoms with van der Waals surface area (Å²) in [7, 11) is 0. The average molecular weight is 399 g/mol. The molecule has 0 aromatic carbocycles. The van der Waals surface area contributed by atoms with Gasteiger partial charge in [-0.2, -0.15) is 0 Å². The number of aliphatic carboxylic acids is 1. The summed E-state index contributed by atoms with van der Waals surface area (Å²) < 4.78 is 3.52. The minimum atomic E-state index is -0.742. The van der Waals surface area contributed by atoms with Gasteiger partial charge in [0.05, 0.1) is 0 Å². The zero-order valence-corrected chi connectivity index (χ0v) is 17.4. The summed E-state index contributed by atoms with van der Waals surface area (Å²) >= 11 is 0. The molecule has 0 fully saturated rings. The Labute approximate surface area is 170 Å². The lowest BCUT2D eigenvalue weighted by Crippen LogP contribution is -2.32. The second-order valence-corrected chi connectivity index (χ2v) is 8.80. The maximum Gasteiger partial charge on any atom is 0.331 e. The third-order valence-electron chi connectivity index (χ3n) is 6.21. The van der Waals surface area contributed by atoms with Crippen LogP contribution in [-0.4, -0.2) is 36.2 Å². The molecule has 3 heterocycles. The molecule has 4 aliphatic rings. The Bertz CT molecular complexity index is 1000. The minimum Gasteiger partial charge on any atom is -0.481 e. The third kappa shape index (κ3) is 3.56. The molecule has 156 valence electrons. The molecule has 8 nitrogen and oxygen atoms in total. The van der Waals surface area contributed by atoms with E-state index >= 15 is 0 Å². The number of fused-ring (bicyclic) bond motifs is 3. The molecule has 2 atom stereocenters. The van der Waals surface area contributed by atoms with Crippen LogP contribution >= 0.6 is 0 Å². The summed E-state index contributed by atoms with van der Waals surface area (Å²) in [6, 6.07) is 0.187. The maximum absolute atomic E-state index is 13.0. The first-order valence-electron chi connectivity index (χ1n) is 10.5. The van der Waals surface area contributed by atoms with E-state index in [2.05, 4.69) is 32.2 Å². The molecular weight excluding hydrogens is 370 g/mol. The molecule has 0 saturated carbocycles. The van der Waals surface area contributed by atoms with E-state index in [1.807, 2.05) is 0 Å². The molecule has 0 aromatic heterocycles. The second kappa shape index (κ2) is 7.31. The van der Waals surface area contributed by atoms with Gasteiger partial charge < -0.3 is 10.4 Å². The summed E-state index contributed by atoms with van der Waals surface area (Å²) in [5.74, 6) is 1.37. The van der Waals surface area contributed by atoms with Gasteiger partial charge in [0, 0.05) is 25.6 Å². The van der Waals surface area contributed by atoms with Crippen LogP contribution in [0.25, 0.3) is 17.1 Å². The van der Waals surface area contributed by atoms with Crippen molar-refractivity contribution in [3.63, 3.8) is 0 Å². The summed E-state index contributed by atoms with van der Waals surface area (Å²) in [5, 5.41) is 12.4. The number of anilines is 1. The number of carboxylic acids is 1. The van der Waals surface area contributed by atoms with Gasteiger partial charge in [-0.15, -0.1) is 0 Å². The molecule has 0 bridgehead atoms. The van der Waals surface area contributed by atoms with Gasteiger partial charge in [0.15, 0.2) is 11.6 Å². The van der Waals surface area contributed by atoms with Crippen LogP contribution in [0, 0.1) is 5.41 Å². The van der Waals surface area contributed by atoms with Gasteiger partial charge in [-0.3, -0.25) is 13.9 Å². The number of rotatable bonds is 6. The zero-order chi connectivity index (χ0) is 20.8. The fourth-order valence-electron chi connectivity index (χ4n) is 4.43. The average Bonchev–Trinajstić information content (AvgIpc) is 3.28. The lowest BCUT2D eigenvalue weighted by molar-refractivity contribution is -0.137. The van der Waals surface area contributed by atoms with E-state index in [9.17, 15) is 9.59 Å². The highest BCUT2D eigenvalue weighted by atomic mass is 16.4. The Morgan fingerprint density at radius 2 is 2.21 bits per heavy atom. The van der Waals surface area contributed by atoms with Gasteiger partial charge >= 0.3 is 11.7 Å². The first kappa shape index (κ1) is 19.7. The van der Waals surface area contributed by atoms with Gasteiger partial charge in [-0.25, -0.2) is 14.8 Å². The second-order valence-electron chi connectivity index (χ2n) is 8.80. The molecule has 2 N–H and O–H groups in total. The fourth-order valence-corrected chi connectivity index (χ4v) is 4.43. The van der Waals surface area contributed by atoms with E-state index in [0.29, 0.717) is 31.2 Å². The van der Waals surface area contributed by atoms with E-state index in [1.165, 1.54) is 0 Å². The van der Waals surface area contributed by atoms with E-state index in [1.54, 1.807) is 9.13 Å². The number of allylic oxidation sites excluding steroid dienone is 2. The maximum atomic E-state index is 13.0. The van der Waals surface area contributed by atoms with Crippen molar-refractivity contribution < 1.29 is 9.90 Å². The van der Waals surface area contributed by atoms with E-state index in [4.69, 9.17) is 15.1 Å². The van der Waals surface area contributed by atoms with Crippen LogP contribution in [0.2, 0.25) is 0 Å². The molecule has 1 unspecified atom stereocenters. The normalized spacial score (nSPS) is 23.7. The standard InChI is InChI=1S/C21H29N5O3/c1-4-11-25-19-16(18-22-13(2)12-26(18)20(25)29)23-17(24-19)14-5-8-21(3,9-6-14)10-7-15(27)28/h5,13,22H,4,6-12H2,1-3H3,(H,27,28)/t13-,21?/m1/s1. The van der Waals surface area contributed by atoms with Crippen LogP contribution in [0.1, 0.15) is 65.1 Å². The van der Waals surface area contributed by atoms with Crippen molar-refractivity contribution in [1.82, 2.24) is 19.1 Å². The first-order chi connectivity index (χ1) is 13.8. The number of nitrogens with zero attached hydrogens (tertiary/aromatic N) is 4. The quantitative estimate of drug-likeness (QED) is 0.773. The van der Waals surface area contributed by atoms with Gasteiger partial charge in [0.2, 0.25) is 0 Å². The van der Waals surface area contributed by atoms with Gasteiger partial charge in [0.1, 0.15) is 11.5 Å². The molecule has 29 heavy (non-hydrogen) atoms. The van der Waals surface area contributed by atoms with Crippen LogP contribution in [0.15, 0.2) is 10.9 Å². The zero-order valence-electron chi connectivity index (χ0n) is 17.4. The number of hydrogen-bond donors (Lipinski definition) is 2. The number of imidazole rings is 1. The van der Waals surface area contributed by atoms with Crippen molar-refractivity contribution in [2.75, 3.05) is 5.32 Å². The number of carboxylic acid groups (broad SMARTS) is 1. The SMILES string of the molecule is CCCn1c2nc(C3=CCC(C)(CCC(=O)O)CC3)nc-2c2n(c1=O)C[C@@H](C)N2. The summed E-state index contributed by atoms with van der Waals surface area (Å²) in [5.41, 5.74) is 1.83. The highest BCUT2D eigenvalue weighted by Crippen LogP contribution is 2.42. The summed E-state index contributed by atoms with van der Waals surface area (Å²) in [6.45, 7) is 7.52. The predicted molar refractivity (Wildman–Crippen MR) is 111 cm³/mol. The van der Waals surface area contributed by atoms with Crippen LogP contribution in [-0.2, 0) is 17.9 Å². The molecule has 0 radical (unpaired) electrons. The van der Waals surface area contributed by atoms with Crippen LogP contribution in [0.4, 0.5) is 5.82 Å². The molecule has 4 rings (SSSR count). The van der Waals surface area contributed by atoms with Gasteiger partial charge in [-0.1, -0.05) is 19.9 Å². The largest absolute Gasteiger partial charge is 0.481 e. The first-order valence-corrected chi connectivity index (χ1v) is 10.5. The van der Waals surface area contributed by atoms with Crippen molar-refractivity contribution in [2.24, 2.45) is 5.41 Å². The molecule has 0 aromatic rings. The number of carbonyl (C=O) groups is 1. The van der Waals surface area contributed by atoms with Gasteiger partial charge in [-0.05, 0) is 50.0 Å². The van der Waals surface area contributed by atoms with Crippen molar-refractivity contribution in [3.05, 3.63) is 22.4 Å². The van der Waals surface area contributed by atoms with E-state index in [-0.39, 0.29) is 23.6 Å². The number of hydrogen-bond acceptors (Lipinski definition) is 5. The minimum absolute atomic E-state index is 0.00625. The number of aromatic nitrogens is 4. The monoisotopic (exact) mass is 399 g/mol. The van der Waals surface area contributed by atoms with Crippen LogP contribution in [0.3, 0.4) is 0 Å². The summed E-state index contributed by atoms with van der Waals surface area (Å²) in [6.07, 6.45) is 6.45. The Morgan fingerprint density at radius 3 is 2.86 bits per heavy atom. The molecule has 1 aliphatic carbocycles. The van der Waals surface area contributed by atoms with Gasteiger partial charge in [0.25, 0.3) is 0 Å². The van der Waals surface area contributed by atoms with E-state index in [0.717, 1.165) is 42.8 Å². The summed E-state index contributed by atoms with van der Waals surface area (Å²) in [4.78, 5) is 33.5. The fraction of sp³-hybridized carbons (Fsp3) is 0.619. The Hall–Kier alpha value is -2.64. The van der Waals surface area contributed by atoms with Crippen LogP contribution in [0.5, 0.6) is 0 Å². The van der Waals surface area contributed by atoms with E-state index < -0.39 is 5.97 Å². The molecule has 0 spiro atoms. The molecule has 8 heteroatoms. The van der Waals surface area contributed by atoms with Crippen molar-refractivity contribution in [3.8, 4) is 11.5 Å². The predicted octanol–water partition coefficient (Wildman–Crippen LogP) is 3.21. The number of nitrogens with one attached hydrogen (secondary N) is 1. The third-order valence-corrected chi connectivity index (χ3v) is 6.21. The lowest BCUT2D eigenvalue weighted by atomic mass is 9.73. The highest BCUT2D eigenvalue weighted by Gasteiger charge is 2.32. The Balaban J connectivity index is 1.70. The van der Waals surface area contributed by atoms with Crippen molar-refractivity contribution in [2.45, 2.75) is 78.4 Å². The van der Waals surface area contributed by atoms with Crippen molar-refractivity contribution >= 4 is 17.4 Å². The topological polar surface area (TPSA) is 102 Å². The molecule has 0 saturated heterocycles. The van der Waals surface area contributed by atoms with Crippen LogP contribution < -0.4 is 11.0 Å². The Kier molecular flexibility index (Phi) is 4.96. The Morgan fingerprint density at radius 1 is 1.41 bits per heavy atom. The van der Waals surface area contributed by atoms with Crippen molar-refractivity contribution in [1.29, 1.82) is 0 Å². The molecular formula is C21H29N5O3. The molecule has 3 aliphatic heterocycles. The molecule has 0 amide bonds. The smallest absolute Gasteiger partial charge is 0.331 e.